The second kappa shape index (κ2) is 19.6. The van der Waals surface area contributed by atoms with E-state index in [9.17, 15) is 4.79 Å². The molecule has 0 aromatic heterocycles. The van der Waals surface area contributed by atoms with Gasteiger partial charge in [-0.15, -0.1) is 0 Å². The van der Waals surface area contributed by atoms with Crippen LogP contribution in [0.2, 0.25) is 0 Å². The molecule has 0 bridgehead atoms. The number of rotatable bonds is 19. The third kappa shape index (κ3) is 14.3. The molecule has 2 amide bonds. The van der Waals surface area contributed by atoms with E-state index >= 15 is 0 Å². The molecule has 0 radical (unpaired) electrons. The van der Waals surface area contributed by atoms with E-state index in [2.05, 4.69) is 44.8 Å². The smallest absolute Gasteiger partial charge is 0.317 e. The van der Waals surface area contributed by atoms with Gasteiger partial charge in [-0.1, -0.05) is 105 Å². The van der Waals surface area contributed by atoms with Crippen molar-refractivity contribution >= 4 is 6.03 Å². The van der Waals surface area contributed by atoms with Gasteiger partial charge in [0, 0.05) is 19.6 Å². The Morgan fingerprint density at radius 3 is 1.61 bits per heavy atom. The molecule has 168 valence electrons. The van der Waals surface area contributed by atoms with Gasteiger partial charge in [-0.3, -0.25) is 0 Å². The molecule has 0 aliphatic heterocycles. The Morgan fingerprint density at radius 1 is 0.679 bits per heavy atom. The van der Waals surface area contributed by atoms with Crippen molar-refractivity contribution in [3.05, 3.63) is 0 Å². The van der Waals surface area contributed by atoms with Crippen LogP contribution in [-0.4, -0.2) is 30.6 Å². The van der Waals surface area contributed by atoms with Gasteiger partial charge in [0.15, 0.2) is 0 Å². The van der Waals surface area contributed by atoms with E-state index < -0.39 is 0 Å². The van der Waals surface area contributed by atoms with Crippen LogP contribution in [0.5, 0.6) is 0 Å². The van der Waals surface area contributed by atoms with Crippen LogP contribution in [0.25, 0.3) is 0 Å². The summed E-state index contributed by atoms with van der Waals surface area (Å²) >= 11 is 0. The number of carbonyl (C=O) groups is 1. The fraction of sp³-hybridized carbons (Fsp3) is 0.960. The fourth-order valence-corrected chi connectivity index (χ4v) is 3.91. The Hall–Kier alpha value is -0.730. The van der Waals surface area contributed by atoms with Gasteiger partial charge in [-0.25, -0.2) is 4.79 Å². The van der Waals surface area contributed by atoms with Crippen LogP contribution in [0, 0.1) is 11.8 Å². The molecular formula is C25H52N2O. The molecule has 0 spiro atoms. The van der Waals surface area contributed by atoms with Gasteiger partial charge in [0.05, 0.1) is 0 Å². The summed E-state index contributed by atoms with van der Waals surface area (Å²) in [5.41, 5.74) is 0. The van der Waals surface area contributed by atoms with Gasteiger partial charge in [-0.2, -0.15) is 0 Å². The van der Waals surface area contributed by atoms with Crippen molar-refractivity contribution in [2.75, 3.05) is 19.6 Å². The molecule has 0 rings (SSSR count). The molecule has 0 saturated carbocycles. The topological polar surface area (TPSA) is 32.3 Å². The van der Waals surface area contributed by atoms with E-state index in [1.807, 2.05) is 0 Å². The Labute approximate surface area is 177 Å². The molecule has 2 unspecified atom stereocenters. The molecule has 0 fully saturated rings. The summed E-state index contributed by atoms with van der Waals surface area (Å²) in [6, 6.07) is 0.179. The lowest BCUT2D eigenvalue weighted by molar-refractivity contribution is 0.168. The Bertz CT molecular complexity index is 327. The summed E-state index contributed by atoms with van der Waals surface area (Å²) in [5, 5.41) is 3.23. The second-order valence-corrected chi connectivity index (χ2v) is 8.74. The van der Waals surface area contributed by atoms with Crippen LogP contribution in [0.1, 0.15) is 125 Å². The largest absolute Gasteiger partial charge is 0.338 e. The molecule has 3 nitrogen and oxygen atoms in total. The fourth-order valence-electron chi connectivity index (χ4n) is 3.91. The van der Waals surface area contributed by atoms with Gasteiger partial charge in [0.1, 0.15) is 0 Å². The monoisotopic (exact) mass is 396 g/mol. The first-order chi connectivity index (χ1) is 13.6. The van der Waals surface area contributed by atoms with Crippen LogP contribution in [0.15, 0.2) is 0 Å². The summed E-state index contributed by atoms with van der Waals surface area (Å²) in [6.07, 6.45) is 17.5. The first-order valence-electron chi connectivity index (χ1n) is 12.6. The zero-order valence-corrected chi connectivity index (χ0v) is 20.0. The van der Waals surface area contributed by atoms with Crippen molar-refractivity contribution in [1.29, 1.82) is 0 Å². The van der Waals surface area contributed by atoms with Gasteiger partial charge in [0.25, 0.3) is 0 Å². The molecule has 0 aliphatic rings. The molecule has 0 aromatic carbocycles. The summed E-state index contributed by atoms with van der Waals surface area (Å²) in [6.45, 7) is 14.0. The normalized spacial score (nSPS) is 13.3. The third-order valence-corrected chi connectivity index (χ3v) is 6.14. The summed E-state index contributed by atoms with van der Waals surface area (Å²) in [5.74, 6) is 1.28. The highest BCUT2D eigenvalue weighted by atomic mass is 16.2. The molecule has 2 atom stereocenters. The lowest BCUT2D eigenvalue weighted by Gasteiger charge is -2.31. The van der Waals surface area contributed by atoms with Gasteiger partial charge < -0.3 is 10.2 Å². The van der Waals surface area contributed by atoms with Crippen molar-refractivity contribution in [2.45, 2.75) is 125 Å². The number of nitrogens with zero attached hydrogens (tertiary/aromatic N) is 1. The predicted octanol–water partition coefficient (Wildman–Crippen LogP) is 7.79. The van der Waals surface area contributed by atoms with Crippen molar-refractivity contribution in [2.24, 2.45) is 11.8 Å². The third-order valence-electron chi connectivity index (χ3n) is 6.14. The van der Waals surface area contributed by atoms with E-state index in [1.165, 1.54) is 83.5 Å². The number of nitrogens with one attached hydrogen (secondary N) is 1. The van der Waals surface area contributed by atoms with Crippen molar-refractivity contribution in [1.82, 2.24) is 10.2 Å². The molecule has 0 aromatic rings. The first kappa shape index (κ1) is 27.3. The number of urea groups is 1. The summed E-state index contributed by atoms with van der Waals surface area (Å²) in [4.78, 5) is 15.1. The van der Waals surface area contributed by atoms with E-state index in [0.717, 1.165) is 26.1 Å². The van der Waals surface area contributed by atoms with Crippen LogP contribution in [-0.2, 0) is 0 Å². The van der Waals surface area contributed by atoms with E-state index in [1.54, 1.807) is 0 Å². The van der Waals surface area contributed by atoms with Crippen molar-refractivity contribution in [3.8, 4) is 0 Å². The predicted molar refractivity (Wildman–Crippen MR) is 125 cm³/mol. The van der Waals surface area contributed by atoms with Crippen molar-refractivity contribution < 1.29 is 4.79 Å². The summed E-state index contributed by atoms with van der Waals surface area (Å²) < 4.78 is 0. The van der Waals surface area contributed by atoms with Crippen LogP contribution < -0.4 is 5.32 Å². The average molecular weight is 397 g/mol. The van der Waals surface area contributed by atoms with Gasteiger partial charge >= 0.3 is 6.03 Å². The molecule has 0 aliphatic carbocycles. The average Bonchev–Trinajstić information content (AvgIpc) is 2.71. The zero-order chi connectivity index (χ0) is 21.0. The SMILES string of the molecule is CCCCCCCCNC(=O)N(CC(CC)CCCC)CC(CC)CCCC. The van der Waals surface area contributed by atoms with Crippen LogP contribution in [0.3, 0.4) is 0 Å². The second-order valence-electron chi connectivity index (χ2n) is 8.74. The number of amides is 2. The minimum absolute atomic E-state index is 0.179. The molecule has 0 saturated heterocycles. The highest BCUT2D eigenvalue weighted by Crippen LogP contribution is 2.19. The first-order valence-corrected chi connectivity index (χ1v) is 12.6. The molecule has 1 N–H and O–H groups in total. The number of hydrogen-bond donors (Lipinski definition) is 1. The Kier molecular flexibility index (Phi) is 19.1. The lowest BCUT2D eigenvalue weighted by atomic mass is 9.96. The molecule has 3 heteroatoms. The standard InChI is InChI=1S/C25H52N2O/c1-6-11-14-15-16-17-20-26-25(28)27(21-23(9-4)18-12-7-2)22-24(10-5)19-13-8-3/h23-24H,6-22H2,1-5H3,(H,26,28). The maximum absolute atomic E-state index is 12.9. The van der Waals surface area contributed by atoms with Crippen LogP contribution in [0.4, 0.5) is 4.79 Å². The minimum atomic E-state index is 0.179. The molecule has 0 heterocycles. The zero-order valence-electron chi connectivity index (χ0n) is 20.0. The van der Waals surface area contributed by atoms with E-state index in [-0.39, 0.29) is 6.03 Å². The number of hydrogen-bond acceptors (Lipinski definition) is 1. The quantitative estimate of drug-likeness (QED) is 0.222. The highest BCUT2D eigenvalue weighted by molar-refractivity contribution is 5.74. The minimum Gasteiger partial charge on any atom is -0.338 e. The maximum Gasteiger partial charge on any atom is 0.317 e. The number of unbranched alkanes of at least 4 members (excludes halogenated alkanes) is 7. The summed E-state index contributed by atoms with van der Waals surface area (Å²) in [7, 11) is 0. The van der Waals surface area contributed by atoms with Crippen molar-refractivity contribution in [3.63, 3.8) is 0 Å². The molecular weight excluding hydrogens is 344 g/mol. The Balaban J connectivity index is 4.59. The highest BCUT2D eigenvalue weighted by Gasteiger charge is 2.21. The van der Waals surface area contributed by atoms with E-state index in [0.29, 0.717) is 11.8 Å². The number of carbonyl (C=O) groups excluding carboxylic acids is 1. The van der Waals surface area contributed by atoms with Gasteiger partial charge in [0.2, 0.25) is 0 Å². The van der Waals surface area contributed by atoms with Crippen LogP contribution >= 0.6 is 0 Å². The van der Waals surface area contributed by atoms with E-state index in [4.69, 9.17) is 0 Å². The van der Waals surface area contributed by atoms with Gasteiger partial charge in [-0.05, 0) is 31.1 Å². The maximum atomic E-state index is 12.9. The lowest BCUT2D eigenvalue weighted by Crippen LogP contribution is -2.45. The Morgan fingerprint density at radius 2 is 1.14 bits per heavy atom. The molecule has 28 heavy (non-hydrogen) atoms.